The molecule has 0 saturated heterocycles. The van der Waals surface area contributed by atoms with E-state index in [1.54, 1.807) is 0 Å². The maximum Gasteiger partial charge on any atom is 1.00 e. The first kappa shape index (κ1) is 57.5. The van der Waals surface area contributed by atoms with Gasteiger partial charge in [0, 0.05) is 12.0 Å². The van der Waals surface area contributed by atoms with Crippen molar-refractivity contribution in [3.05, 3.63) is 0 Å². The maximum atomic E-state index is 11.1. The molecule has 0 rings (SSSR count). The van der Waals surface area contributed by atoms with Gasteiger partial charge in [-0.3, -0.25) is 0 Å². The van der Waals surface area contributed by atoms with E-state index in [9.17, 15) is 9.90 Å². The fourth-order valence-electron chi connectivity index (χ4n) is 8.56. The molecule has 1 atom stereocenters. The molecule has 0 aliphatic rings. The summed E-state index contributed by atoms with van der Waals surface area (Å²) in [6.07, 6.45) is 60.6. The topological polar surface area (TPSA) is 43.4 Å². The molecule has 4 heteroatoms. The van der Waals surface area contributed by atoms with Crippen molar-refractivity contribution in [2.75, 3.05) is 13.1 Å². The van der Waals surface area contributed by atoms with Crippen LogP contribution in [0.5, 0.6) is 0 Å². The van der Waals surface area contributed by atoms with Crippen LogP contribution in [0.15, 0.2) is 0 Å². The summed E-state index contributed by atoms with van der Waals surface area (Å²) in [4.78, 5) is 13.7. The molecule has 3 nitrogen and oxygen atoms in total. The molecule has 0 radical (unpaired) electrons. The van der Waals surface area contributed by atoms with Gasteiger partial charge in [-0.1, -0.05) is 271 Å². The molecule has 0 aromatic carbocycles. The molecule has 0 spiro atoms. The van der Waals surface area contributed by atoms with Crippen LogP contribution in [-0.2, 0) is 4.79 Å². The standard InChI is InChI=1S/C51H103NO2.Na/c1-4-6-8-10-12-14-16-18-20-22-24-26-28-30-32-34-36-38-40-42-44-48-52(50(3)46-47-51(53)54)49-45-43-41-39-37-35-33-31-29-27-25-23-21-19-17-15-13-11-9-7-5-2;/h50H,4-49H2,1-3H3,(H,53,54);/q;+1/p-1. The average molecular weight is 784 g/mol. The molecule has 0 N–H and O–H groups in total. The summed E-state index contributed by atoms with van der Waals surface area (Å²) < 4.78 is 0. The van der Waals surface area contributed by atoms with Crippen LogP contribution in [0.3, 0.4) is 0 Å². The van der Waals surface area contributed by atoms with Crippen LogP contribution in [0.1, 0.15) is 303 Å². The van der Waals surface area contributed by atoms with Crippen molar-refractivity contribution >= 4 is 5.97 Å². The predicted octanol–water partition coefficient (Wildman–Crippen LogP) is 13.6. The molecular formula is C51H102NNaO2. The summed E-state index contributed by atoms with van der Waals surface area (Å²) in [5, 5.41) is 11.1. The minimum Gasteiger partial charge on any atom is -0.550 e. The van der Waals surface area contributed by atoms with E-state index in [4.69, 9.17) is 0 Å². The van der Waals surface area contributed by atoms with E-state index in [2.05, 4.69) is 25.7 Å². The first-order valence-electron chi connectivity index (χ1n) is 25.6. The average Bonchev–Trinajstić information content (AvgIpc) is 3.17. The Labute approximate surface area is 370 Å². The Hall–Kier alpha value is 0.430. The van der Waals surface area contributed by atoms with Gasteiger partial charge < -0.3 is 14.8 Å². The van der Waals surface area contributed by atoms with Gasteiger partial charge >= 0.3 is 29.6 Å². The number of rotatable bonds is 48. The monoisotopic (exact) mass is 784 g/mol. The number of carboxylic acid groups (broad SMARTS) is 1. The van der Waals surface area contributed by atoms with Gasteiger partial charge in [0.2, 0.25) is 0 Å². The molecule has 0 saturated carbocycles. The molecule has 0 amide bonds. The quantitative estimate of drug-likeness (QED) is 0.0456. The molecule has 0 aromatic heterocycles. The van der Waals surface area contributed by atoms with Crippen LogP contribution in [0.2, 0.25) is 0 Å². The van der Waals surface area contributed by atoms with Crippen LogP contribution in [0.25, 0.3) is 0 Å². The van der Waals surface area contributed by atoms with Crippen molar-refractivity contribution in [3.63, 3.8) is 0 Å². The smallest absolute Gasteiger partial charge is 0.550 e. The van der Waals surface area contributed by atoms with Gasteiger partial charge in [-0.2, -0.15) is 0 Å². The zero-order valence-electron chi connectivity index (χ0n) is 38.9. The Balaban J connectivity index is 0. The summed E-state index contributed by atoms with van der Waals surface area (Å²) in [5.41, 5.74) is 0. The van der Waals surface area contributed by atoms with Crippen molar-refractivity contribution < 1.29 is 39.5 Å². The second-order valence-corrected chi connectivity index (χ2v) is 17.9. The van der Waals surface area contributed by atoms with Crippen LogP contribution in [0, 0.1) is 0 Å². The summed E-state index contributed by atoms with van der Waals surface area (Å²) in [5.74, 6) is -0.898. The minimum atomic E-state index is -0.898. The van der Waals surface area contributed by atoms with Crippen molar-refractivity contribution in [2.24, 2.45) is 0 Å². The molecule has 0 aliphatic carbocycles. The largest absolute Gasteiger partial charge is 1.00 e. The number of unbranched alkanes of at least 4 members (excludes halogenated alkanes) is 40. The number of carbonyl (C=O) groups excluding carboxylic acids is 1. The van der Waals surface area contributed by atoms with Crippen molar-refractivity contribution in [2.45, 2.75) is 309 Å². The van der Waals surface area contributed by atoms with E-state index < -0.39 is 5.97 Å². The van der Waals surface area contributed by atoms with Crippen molar-refractivity contribution in [1.29, 1.82) is 0 Å². The third-order valence-electron chi connectivity index (χ3n) is 12.5. The molecule has 0 aliphatic heterocycles. The van der Waals surface area contributed by atoms with E-state index >= 15 is 0 Å². The number of nitrogens with zero attached hydrogens (tertiary/aromatic N) is 1. The van der Waals surface area contributed by atoms with E-state index in [-0.39, 0.29) is 36.0 Å². The maximum absolute atomic E-state index is 11.1. The van der Waals surface area contributed by atoms with E-state index in [0.29, 0.717) is 6.04 Å². The van der Waals surface area contributed by atoms with Gasteiger partial charge in [0.15, 0.2) is 0 Å². The fourth-order valence-corrected chi connectivity index (χ4v) is 8.56. The van der Waals surface area contributed by atoms with Crippen LogP contribution >= 0.6 is 0 Å². The number of carboxylic acids is 1. The van der Waals surface area contributed by atoms with E-state index in [0.717, 1.165) is 19.5 Å². The van der Waals surface area contributed by atoms with Crippen LogP contribution < -0.4 is 34.7 Å². The van der Waals surface area contributed by atoms with Gasteiger partial charge in [-0.15, -0.1) is 0 Å². The van der Waals surface area contributed by atoms with Crippen LogP contribution in [-0.4, -0.2) is 30.0 Å². The molecular weight excluding hydrogens is 682 g/mol. The van der Waals surface area contributed by atoms with Crippen molar-refractivity contribution in [1.82, 2.24) is 4.90 Å². The van der Waals surface area contributed by atoms with Gasteiger partial charge in [0.25, 0.3) is 0 Å². The van der Waals surface area contributed by atoms with Crippen LogP contribution in [0.4, 0.5) is 0 Å². The summed E-state index contributed by atoms with van der Waals surface area (Å²) >= 11 is 0. The van der Waals surface area contributed by atoms with Gasteiger partial charge in [0.1, 0.15) is 0 Å². The minimum absolute atomic E-state index is 0. The Morgan fingerprint density at radius 1 is 0.364 bits per heavy atom. The first-order valence-corrected chi connectivity index (χ1v) is 25.6. The third-order valence-corrected chi connectivity index (χ3v) is 12.5. The predicted molar refractivity (Wildman–Crippen MR) is 241 cm³/mol. The number of carbonyl (C=O) groups is 1. The van der Waals surface area contributed by atoms with Gasteiger partial charge in [-0.05, 0) is 45.7 Å². The Morgan fingerprint density at radius 3 is 0.727 bits per heavy atom. The summed E-state index contributed by atoms with van der Waals surface area (Å²) in [7, 11) is 0. The molecule has 55 heavy (non-hydrogen) atoms. The Bertz CT molecular complexity index is 656. The summed E-state index contributed by atoms with van der Waals surface area (Å²) in [6.45, 7) is 9.10. The molecule has 324 valence electrons. The molecule has 0 heterocycles. The van der Waals surface area contributed by atoms with Gasteiger partial charge in [-0.25, -0.2) is 0 Å². The van der Waals surface area contributed by atoms with E-state index in [1.807, 2.05) is 0 Å². The van der Waals surface area contributed by atoms with E-state index in [1.165, 1.54) is 270 Å². The SMILES string of the molecule is CCCCCCCCCCCCCCCCCCCCCCCN(CCCCCCCCCCCCCCCCCCCCCCC)C(C)CCC(=O)[O-].[Na+]. The number of hydrogen-bond donors (Lipinski definition) is 0. The first-order chi connectivity index (χ1) is 26.6. The third kappa shape index (κ3) is 48.7. The van der Waals surface area contributed by atoms with Crippen molar-refractivity contribution in [3.8, 4) is 0 Å². The zero-order chi connectivity index (χ0) is 39.3. The molecule has 0 fully saturated rings. The number of aliphatic carboxylic acids is 1. The Kier molecular flexibility index (Phi) is 52.9. The molecule has 1 unspecified atom stereocenters. The fraction of sp³-hybridized carbons (Fsp3) is 0.980. The summed E-state index contributed by atoms with van der Waals surface area (Å²) in [6, 6.07) is 0.345. The Morgan fingerprint density at radius 2 is 0.545 bits per heavy atom. The zero-order valence-corrected chi connectivity index (χ0v) is 40.9. The second kappa shape index (κ2) is 50.6. The van der Waals surface area contributed by atoms with Gasteiger partial charge in [0.05, 0.1) is 0 Å². The number of hydrogen-bond acceptors (Lipinski definition) is 3. The second-order valence-electron chi connectivity index (χ2n) is 17.9. The molecule has 0 aromatic rings. The molecule has 0 bridgehead atoms. The normalized spacial score (nSPS) is 12.1.